The molecule has 3 rings (SSSR count). The van der Waals surface area contributed by atoms with Gasteiger partial charge in [0.1, 0.15) is 11.3 Å². The van der Waals surface area contributed by atoms with Crippen molar-refractivity contribution in [2.24, 2.45) is 0 Å². The first-order chi connectivity index (χ1) is 12.3. The van der Waals surface area contributed by atoms with E-state index in [1.54, 1.807) is 24.3 Å². The second kappa shape index (κ2) is 8.18. The van der Waals surface area contributed by atoms with Gasteiger partial charge in [-0.25, -0.2) is 0 Å². The van der Waals surface area contributed by atoms with Gasteiger partial charge in [-0.05, 0) is 29.8 Å². The molecule has 0 aliphatic heterocycles. The van der Waals surface area contributed by atoms with Crippen LogP contribution in [0, 0.1) is 11.3 Å². The van der Waals surface area contributed by atoms with E-state index in [0.717, 1.165) is 10.5 Å². The summed E-state index contributed by atoms with van der Waals surface area (Å²) in [5.41, 5.74) is 1.90. The Kier molecular flexibility index (Phi) is 5.50. The van der Waals surface area contributed by atoms with Crippen molar-refractivity contribution in [1.82, 2.24) is 0 Å². The minimum absolute atomic E-state index is 0.150. The average molecular weight is 344 g/mol. The van der Waals surface area contributed by atoms with E-state index in [-0.39, 0.29) is 5.91 Å². The van der Waals surface area contributed by atoms with Gasteiger partial charge in [-0.15, -0.1) is 11.8 Å². The third-order valence-corrected chi connectivity index (χ3v) is 4.91. The monoisotopic (exact) mass is 344 g/mol. The minimum atomic E-state index is -0.407. The zero-order valence-electron chi connectivity index (χ0n) is 13.4. The molecule has 1 atom stereocenters. The fraction of sp³-hybridized carbons (Fsp3) is 0.0476. The molecular formula is C21H16N2OS. The summed E-state index contributed by atoms with van der Waals surface area (Å²) in [4.78, 5) is 14.0. The molecule has 3 nitrogen and oxygen atoms in total. The molecule has 0 aliphatic rings. The first-order valence-electron chi connectivity index (χ1n) is 7.84. The summed E-state index contributed by atoms with van der Waals surface area (Å²) in [6.07, 6.45) is 0. The molecular weight excluding hydrogens is 328 g/mol. The van der Waals surface area contributed by atoms with Crippen LogP contribution in [0.5, 0.6) is 0 Å². The summed E-state index contributed by atoms with van der Waals surface area (Å²) in [5, 5.41) is 11.7. The van der Waals surface area contributed by atoms with Gasteiger partial charge in [0.05, 0.1) is 11.3 Å². The van der Waals surface area contributed by atoms with E-state index in [9.17, 15) is 10.1 Å². The smallest absolute Gasteiger partial charge is 0.242 e. The highest BCUT2D eigenvalue weighted by Gasteiger charge is 2.22. The molecule has 122 valence electrons. The highest BCUT2D eigenvalue weighted by atomic mass is 32.2. The van der Waals surface area contributed by atoms with Crippen molar-refractivity contribution in [3.05, 3.63) is 96.1 Å². The van der Waals surface area contributed by atoms with Crippen molar-refractivity contribution in [3.63, 3.8) is 0 Å². The number of para-hydroxylation sites is 1. The molecule has 0 bridgehead atoms. The summed E-state index contributed by atoms with van der Waals surface area (Å²) >= 11 is 1.49. The normalized spacial score (nSPS) is 11.3. The Morgan fingerprint density at radius 3 is 2.16 bits per heavy atom. The summed E-state index contributed by atoms with van der Waals surface area (Å²) in [5.74, 6) is -0.150. The van der Waals surface area contributed by atoms with Crippen molar-refractivity contribution >= 4 is 23.4 Å². The quantitative estimate of drug-likeness (QED) is 0.660. The molecule has 0 radical (unpaired) electrons. The van der Waals surface area contributed by atoms with Gasteiger partial charge >= 0.3 is 0 Å². The number of thioether (sulfide) groups is 1. The van der Waals surface area contributed by atoms with Crippen LogP contribution in [0.3, 0.4) is 0 Å². The van der Waals surface area contributed by atoms with Crippen LogP contribution < -0.4 is 5.32 Å². The molecule has 0 fully saturated rings. The number of benzene rings is 3. The molecule has 3 aromatic carbocycles. The summed E-state index contributed by atoms with van der Waals surface area (Å²) in [6, 6.07) is 28.6. The molecule has 1 N–H and O–H groups in total. The van der Waals surface area contributed by atoms with Gasteiger partial charge in [0.25, 0.3) is 0 Å². The van der Waals surface area contributed by atoms with E-state index in [2.05, 4.69) is 11.4 Å². The van der Waals surface area contributed by atoms with Crippen LogP contribution in [-0.2, 0) is 4.79 Å². The highest BCUT2D eigenvalue weighted by Crippen LogP contribution is 2.36. The zero-order valence-corrected chi connectivity index (χ0v) is 14.2. The SMILES string of the molecule is N#Cc1ccccc1NC(=O)[C@H](Sc1ccccc1)c1ccccc1. The maximum atomic E-state index is 12.9. The number of nitrogens with zero attached hydrogens (tertiary/aromatic N) is 1. The maximum Gasteiger partial charge on any atom is 0.242 e. The fourth-order valence-electron chi connectivity index (χ4n) is 2.42. The van der Waals surface area contributed by atoms with Crippen LogP contribution in [0.1, 0.15) is 16.4 Å². The number of nitrogens with one attached hydrogen (secondary N) is 1. The first kappa shape index (κ1) is 16.8. The number of nitriles is 1. The van der Waals surface area contributed by atoms with Crippen LogP contribution in [0.2, 0.25) is 0 Å². The van der Waals surface area contributed by atoms with Crippen molar-refractivity contribution in [2.75, 3.05) is 5.32 Å². The van der Waals surface area contributed by atoms with Crippen molar-refractivity contribution in [3.8, 4) is 6.07 Å². The molecule has 0 saturated carbocycles. The lowest BCUT2D eigenvalue weighted by Crippen LogP contribution is -2.19. The van der Waals surface area contributed by atoms with Crippen LogP contribution in [0.15, 0.2) is 89.8 Å². The fourth-order valence-corrected chi connectivity index (χ4v) is 3.47. The number of anilines is 1. The lowest BCUT2D eigenvalue weighted by molar-refractivity contribution is -0.115. The molecule has 0 saturated heterocycles. The van der Waals surface area contributed by atoms with Gasteiger partial charge in [0.2, 0.25) is 5.91 Å². The third-order valence-electron chi connectivity index (χ3n) is 3.64. The number of carbonyl (C=O) groups excluding carboxylic acids is 1. The molecule has 25 heavy (non-hydrogen) atoms. The Hall–Kier alpha value is -3.03. The Morgan fingerprint density at radius 2 is 1.48 bits per heavy atom. The first-order valence-corrected chi connectivity index (χ1v) is 8.72. The lowest BCUT2D eigenvalue weighted by Gasteiger charge is -2.17. The van der Waals surface area contributed by atoms with Crippen LogP contribution in [0.4, 0.5) is 5.69 Å². The number of carbonyl (C=O) groups is 1. The van der Waals surface area contributed by atoms with E-state index in [0.29, 0.717) is 11.3 Å². The predicted octanol–water partition coefficient (Wildman–Crippen LogP) is 5.03. The van der Waals surface area contributed by atoms with Crippen molar-refractivity contribution < 1.29 is 4.79 Å². The molecule has 3 aromatic rings. The predicted molar refractivity (Wildman–Crippen MR) is 101 cm³/mol. The molecule has 1 amide bonds. The molecule has 4 heteroatoms. The largest absolute Gasteiger partial charge is 0.324 e. The second-order valence-corrected chi connectivity index (χ2v) is 6.55. The van der Waals surface area contributed by atoms with Crippen LogP contribution >= 0.6 is 11.8 Å². The Balaban J connectivity index is 1.88. The minimum Gasteiger partial charge on any atom is -0.324 e. The van der Waals surface area contributed by atoms with Gasteiger partial charge in [0.15, 0.2) is 0 Å². The number of amides is 1. The van der Waals surface area contributed by atoms with Crippen LogP contribution in [-0.4, -0.2) is 5.91 Å². The molecule has 0 aliphatic carbocycles. The molecule has 0 heterocycles. The Bertz CT molecular complexity index is 889. The summed E-state index contributed by atoms with van der Waals surface area (Å²) < 4.78 is 0. The van der Waals surface area contributed by atoms with E-state index in [4.69, 9.17) is 0 Å². The second-order valence-electron chi connectivity index (χ2n) is 5.37. The van der Waals surface area contributed by atoms with Crippen molar-refractivity contribution in [1.29, 1.82) is 5.26 Å². The Morgan fingerprint density at radius 1 is 0.880 bits per heavy atom. The van der Waals surface area contributed by atoms with E-state index in [1.807, 2.05) is 60.7 Å². The van der Waals surface area contributed by atoms with Gasteiger partial charge in [-0.3, -0.25) is 4.79 Å². The van der Waals surface area contributed by atoms with Gasteiger partial charge < -0.3 is 5.32 Å². The van der Waals surface area contributed by atoms with E-state index >= 15 is 0 Å². The highest BCUT2D eigenvalue weighted by molar-refractivity contribution is 8.00. The summed E-state index contributed by atoms with van der Waals surface area (Å²) in [7, 11) is 0. The lowest BCUT2D eigenvalue weighted by atomic mass is 10.1. The maximum absolute atomic E-state index is 12.9. The van der Waals surface area contributed by atoms with E-state index < -0.39 is 5.25 Å². The van der Waals surface area contributed by atoms with Gasteiger partial charge in [0, 0.05) is 4.90 Å². The Labute approximate surface area is 151 Å². The van der Waals surface area contributed by atoms with E-state index in [1.165, 1.54) is 11.8 Å². The number of rotatable bonds is 5. The van der Waals surface area contributed by atoms with Gasteiger partial charge in [-0.1, -0.05) is 60.7 Å². The molecule has 0 aromatic heterocycles. The van der Waals surface area contributed by atoms with Gasteiger partial charge in [-0.2, -0.15) is 5.26 Å². The standard InChI is InChI=1S/C21H16N2OS/c22-15-17-11-7-8-14-19(17)23-21(24)20(16-9-3-1-4-10-16)25-18-12-5-2-6-13-18/h1-14,20H,(H,23,24)/t20-/m1/s1. The molecule has 0 spiro atoms. The number of hydrogen-bond acceptors (Lipinski definition) is 3. The average Bonchev–Trinajstić information content (AvgIpc) is 2.68. The summed E-state index contributed by atoms with van der Waals surface area (Å²) in [6.45, 7) is 0. The third kappa shape index (κ3) is 4.28. The molecule has 0 unspecified atom stereocenters. The van der Waals surface area contributed by atoms with Crippen molar-refractivity contribution in [2.45, 2.75) is 10.1 Å². The van der Waals surface area contributed by atoms with Crippen LogP contribution in [0.25, 0.3) is 0 Å². The zero-order chi connectivity index (χ0) is 17.5. The number of hydrogen-bond donors (Lipinski definition) is 1. The topological polar surface area (TPSA) is 52.9 Å².